The number of rotatable bonds is 8. The summed E-state index contributed by atoms with van der Waals surface area (Å²) in [5, 5.41) is 6.09. The van der Waals surface area contributed by atoms with E-state index in [4.69, 9.17) is 0 Å². The molecule has 0 heterocycles. The van der Waals surface area contributed by atoms with E-state index in [1.54, 1.807) is 0 Å². The molecule has 0 aromatic heterocycles. The van der Waals surface area contributed by atoms with Gasteiger partial charge in [0.1, 0.15) is 0 Å². The van der Waals surface area contributed by atoms with Crippen molar-refractivity contribution in [2.75, 3.05) is 12.4 Å². The topological polar surface area (TPSA) is 41.1 Å². The highest BCUT2D eigenvalue weighted by Gasteiger charge is 2.09. The van der Waals surface area contributed by atoms with Crippen LogP contribution in [0.5, 0.6) is 0 Å². The van der Waals surface area contributed by atoms with Crippen molar-refractivity contribution in [3.63, 3.8) is 0 Å². The number of anilines is 1. The summed E-state index contributed by atoms with van der Waals surface area (Å²) >= 11 is 0. The maximum atomic E-state index is 12.0. The quantitative estimate of drug-likeness (QED) is 0.699. The SMILES string of the molecule is CCCCCCC(C)NC(=O)c1ccc(NC)cc1. The first kappa shape index (κ1) is 15.5. The van der Waals surface area contributed by atoms with Gasteiger partial charge in [-0.2, -0.15) is 0 Å². The lowest BCUT2D eigenvalue weighted by atomic mass is 10.1. The molecule has 0 aliphatic heterocycles. The van der Waals surface area contributed by atoms with Crippen LogP contribution in [0.4, 0.5) is 5.69 Å². The number of unbranched alkanes of at least 4 members (excludes halogenated alkanes) is 3. The molecule has 1 aromatic rings. The molecule has 0 aliphatic rings. The van der Waals surface area contributed by atoms with Crippen molar-refractivity contribution in [1.29, 1.82) is 0 Å². The third kappa shape index (κ3) is 5.77. The summed E-state index contributed by atoms with van der Waals surface area (Å²) in [4.78, 5) is 12.0. The monoisotopic (exact) mass is 262 g/mol. The first-order valence-electron chi connectivity index (χ1n) is 7.26. The minimum atomic E-state index is 0.0191. The van der Waals surface area contributed by atoms with Crippen LogP contribution in [0.2, 0.25) is 0 Å². The molecule has 3 heteroatoms. The van der Waals surface area contributed by atoms with Crippen LogP contribution >= 0.6 is 0 Å². The highest BCUT2D eigenvalue weighted by atomic mass is 16.1. The van der Waals surface area contributed by atoms with E-state index < -0.39 is 0 Å². The van der Waals surface area contributed by atoms with Crippen molar-refractivity contribution in [3.8, 4) is 0 Å². The Morgan fingerprint density at radius 2 is 1.84 bits per heavy atom. The zero-order chi connectivity index (χ0) is 14.1. The normalized spacial score (nSPS) is 11.9. The van der Waals surface area contributed by atoms with Crippen molar-refractivity contribution in [1.82, 2.24) is 5.32 Å². The van der Waals surface area contributed by atoms with Crippen LogP contribution in [0.3, 0.4) is 0 Å². The lowest BCUT2D eigenvalue weighted by Gasteiger charge is -2.14. The fourth-order valence-corrected chi connectivity index (χ4v) is 2.04. The van der Waals surface area contributed by atoms with Gasteiger partial charge in [0.15, 0.2) is 0 Å². The summed E-state index contributed by atoms with van der Waals surface area (Å²) < 4.78 is 0. The molecule has 0 aliphatic carbocycles. The lowest BCUT2D eigenvalue weighted by Crippen LogP contribution is -2.32. The predicted molar refractivity (Wildman–Crippen MR) is 81.7 cm³/mol. The molecule has 1 rings (SSSR count). The molecular formula is C16H26N2O. The Labute approximate surface area is 116 Å². The maximum Gasteiger partial charge on any atom is 0.251 e. The molecule has 0 fully saturated rings. The number of benzene rings is 1. The summed E-state index contributed by atoms with van der Waals surface area (Å²) in [5.74, 6) is 0.0191. The van der Waals surface area contributed by atoms with Crippen LogP contribution in [0.25, 0.3) is 0 Å². The Kier molecular flexibility index (Phi) is 7.01. The zero-order valence-corrected chi connectivity index (χ0v) is 12.3. The van der Waals surface area contributed by atoms with E-state index in [1.165, 1.54) is 25.7 Å². The molecule has 0 bridgehead atoms. The Hall–Kier alpha value is -1.51. The van der Waals surface area contributed by atoms with Crippen LogP contribution in [-0.4, -0.2) is 19.0 Å². The van der Waals surface area contributed by atoms with Crippen molar-refractivity contribution in [2.24, 2.45) is 0 Å². The third-order valence-corrected chi connectivity index (χ3v) is 3.30. The van der Waals surface area contributed by atoms with Gasteiger partial charge in [-0.3, -0.25) is 4.79 Å². The number of nitrogens with one attached hydrogen (secondary N) is 2. The van der Waals surface area contributed by atoms with Gasteiger partial charge < -0.3 is 10.6 Å². The molecule has 0 saturated heterocycles. The average Bonchev–Trinajstić information content (AvgIpc) is 2.43. The van der Waals surface area contributed by atoms with E-state index in [0.717, 1.165) is 17.7 Å². The fraction of sp³-hybridized carbons (Fsp3) is 0.562. The molecule has 3 nitrogen and oxygen atoms in total. The van der Waals surface area contributed by atoms with Crippen LogP contribution in [-0.2, 0) is 0 Å². The van der Waals surface area contributed by atoms with Gasteiger partial charge in [-0.1, -0.05) is 32.6 Å². The number of hydrogen-bond acceptors (Lipinski definition) is 2. The highest BCUT2D eigenvalue weighted by Crippen LogP contribution is 2.10. The fourth-order valence-electron chi connectivity index (χ4n) is 2.04. The predicted octanol–water partition coefficient (Wildman–Crippen LogP) is 3.82. The van der Waals surface area contributed by atoms with Gasteiger partial charge in [0.25, 0.3) is 5.91 Å². The molecule has 106 valence electrons. The van der Waals surface area contributed by atoms with Gasteiger partial charge >= 0.3 is 0 Å². The van der Waals surface area contributed by atoms with Gasteiger partial charge in [0, 0.05) is 24.3 Å². The molecule has 0 saturated carbocycles. The van der Waals surface area contributed by atoms with Crippen LogP contribution in [0.15, 0.2) is 24.3 Å². The largest absolute Gasteiger partial charge is 0.388 e. The minimum absolute atomic E-state index is 0.0191. The average molecular weight is 262 g/mol. The summed E-state index contributed by atoms with van der Waals surface area (Å²) in [6.07, 6.45) is 6.03. The summed E-state index contributed by atoms with van der Waals surface area (Å²) in [6, 6.07) is 7.78. The molecular weight excluding hydrogens is 236 g/mol. The van der Waals surface area contributed by atoms with E-state index >= 15 is 0 Å². The molecule has 2 N–H and O–H groups in total. The Balaban J connectivity index is 2.36. The first-order valence-corrected chi connectivity index (χ1v) is 7.26. The van der Waals surface area contributed by atoms with Crippen molar-refractivity contribution >= 4 is 11.6 Å². The number of carbonyl (C=O) groups is 1. The van der Waals surface area contributed by atoms with Gasteiger partial charge in [-0.05, 0) is 37.6 Å². The summed E-state index contributed by atoms with van der Waals surface area (Å²) in [6.45, 7) is 4.28. The second-order valence-electron chi connectivity index (χ2n) is 5.05. The van der Waals surface area contributed by atoms with Crippen molar-refractivity contribution < 1.29 is 4.79 Å². The minimum Gasteiger partial charge on any atom is -0.388 e. The van der Waals surface area contributed by atoms with Gasteiger partial charge in [0.2, 0.25) is 0 Å². The molecule has 0 radical (unpaired) electrons. The van der Waals surface area contributed by atoms with E-state index in [1.807, 2.05) is 31.3 Å². The van der Waals surface area contributed by atoms with E-state index in [9.17, 15) is 4.79 Å². The van der Waals surface area contributed by atoms with Crippen LogP contribution < -0.4 is 10.6 Å². The van der Waals surface area contributed by atoms with Gasteiger partial charge in [-0.15, -0.1) is 0 Å². The molecule has 1 aromatic carbocycles. The number of carbonyl (C=O) groups excluding carboxylic acids is 1. The Bertz CT molecular complexity index is 373. The van der Waals surface area contributed by atoms with Gasteiger partial charge in [0.05, 0.1) is 0 Å². The summed E-state index contributed by atoms with van der Waals surface area (Å²) in [5.41, 5.74) is 1.74. The molecule has 1 unspecified atom stereocenters. The Morgan fingerprint density at radius 3 is 2.42 bits per heavy atom. The number of hydrogen-bond donors (Lipinski definition) is 2. The van der Waals surface area contributed by atoms with E-state index in [2.05, 4.69) is 24.5 Å². The van der Waals surface area contributed by atoms with E-state index in [-0.39, 0.29) is 11.9 Å². The maximum absolute atomic E-state index is 12.0. The molecule has 1 amide bonds. The zero-order valence-electron chi connectivity index (χ0n) is 12.3. The van der Waals surface area contributed by atoms with Crippen LogP contribution in [0.1, 0.15) is 56.3 Å². The first-order chi connectivity index (χ1) is 9.17. The molecule has 1 atom stereocenters. The highest BCUT2D eigenvalue weighted by molar-refractivity contribution is 5.94. The smallest absolute Gasteiger partial charge is 0.251 e. The van der Waals surface area contributed by atoms with Gasteiger partial charge in [-0.25, -0.2) is 0 Å². The third-order valence-electron chi connectivity index (χ3n) is 3.30. The number of amides is 1. The second-order valence-corrected chi connectivity index (χ2v) is 5.05. The van der Waals surface area contributed by atoms with Crippen molar-refractivity contribution in [2.45, 2.75) is 52.0 Å². The standard InChI is InChI=1S/C16H26N2O/c1-4-5-6-7-8-13(2)18-16(19)14-9-11-15(17-3)12-10-14/h9-13,17H,4-8H2,1-3H3,(H,18,19). The van der Waals surface area contributed by atoms with Crippen LogP contribution in [0, 0.1) is 0 Å². The second kappa shape index (κ2) is 8.57. The van der Waals surface area contributed by atoms with E-state index in [0.29, 0.717) is 0 Å². The summed E-state index contributed by atoms with van der Waals surface area (Å²) in [7, 11) is 1.87. The molecule has 19 heavy (non-hydrogen) atoms. The Morgan fingerprint density at radius 1 is 1.16 bits per heavy atom. The molecule has 0 spiro atoms. The van der Waals surface area contributed by atoms with Crippen molar-refractivity contribution in [3.05, 3.63) is 29.8 Å². The lowest BCUT2D eigenvalue weighted by molar-refractivity contribution is 0.0938.